The molecule has 0 spiro atoms. The minimum absolute atomic E-state index is 0.128. The summed E-state index contributed by atoms with van der Waals surface area (Å²) in [6.07, 6.45) is 3.58. The van der Waals surface area contributed by atoms with Crippen molar-refractivity contribution in [3.05, 3.63) is 35.6 Å². The first-order valence-electron chi connectivity index (χ1n) is 8.44. The van der Waals surface area contributed by atoms with Crippen LogP contribution in [0.1, 0.15) is 24.8 Å². The monoisotopic (exact) mass is 321 g/mol. The number of hydrogen-bond acceptors (Lipinski definition) is 3. The highest BCUT2D eigenvalue weighted by Crippen LogP contribution is 2.20. The standard InChI is InChI=1S/C18H28FN3O/c1-20-10-7-15-8-11-22(12-9-15)14-18(23)21(2)13-16-3-5-17(19)6-4-16/h3-6,15,20H,7-14H2,1-2H3. The number of carbonyl (C=O) groups excluding carboxylic acids is 1. The molecule has 1 aromatic rings. The van der Waals surface area contributed by atoms with Gasteiger partial charge in [0.05, 0.1) is 6.54 Å². The Labute approximate surface area is 138 Å². The van der Waals surface area contributed by atoms with E-state index in [9.17, 15) is 9.18 Å². The SMILES string of the molecule is CNCCC1CCN(CC(=O)N(C)Cc2ccc(F)cc2)CC1. The lowest BCUT2D eigenvalue weighted by atomic mass is 9.93. The quantitative estimate of drug-likeness (QED) is 0.835. The minimum Gasteiger partial charge on any atom is -0.340 e. The number of hydrogen-bond donors (Lipinski definition) is 1. The number of nitrogens with one attached hydrogen (secondary N) is 1. The number of benzene rings is 1. The molecule has 0 atom stereocenters. The van der Waals surface area contributed by atoms with Gasteiger partial charge in [-0.2, -0.15) is 0 Å². The van der Waals surface area contributed by atoms with Crippen LogP contribution in [0.3, 0.4) is 0 Å². The van der Waals surface area contributed by atoms with Gasteiger partial charge in [0.1, 0.15) is 5.82 Å². The summed E-state index contributed by atoms with van der Waals surface area (Å²) in [6, 6.07) is 6.33. The topological polar surface area (TPSA) is 35.6 Å². The van der Waals surface area contributed by atoms with Crippen LogP contribution in [0.2, 0.25) is 0 Å². The van der Waals surface area contributed by atoms with Crippen molar-refractivity contribution in [1.82, 2.24) is 15.1 Å². The zero-order chi connectivity index (χ0) is 16.7. The third-order valence-corrected chi connectivity index (χ3v) is 4.63. The van der Waals surface area contributed by atoms with Crippen LogP contribution < -0.4 is 5.32 Å². The van der Waals surface area contributed by atoms with Crippen molar-refractivity contribution < 1.29 is 9.18 Å². The molecular weight excluding hydrogens is 293 g/mol. The Morgan fingerprint density at radius 2 is 1.96 bits per heavy atom. The summed E-state index contributed by atoms with van der Waals surface area (Å²) < 4.78 is 12.9. The van der Waals surface area contributed by atoms with Gasteiger partial charge in [-0.25, -0.2) is 4.39 Å². The maximum Gasteiger partial charge on any atom is 0.236 e. The third kappa shape index (κ3) is 5.92. The lowest BCUT2D eigenvalue weighted by Gasteiger charge is -2.32. The second-order valence-electron chi connectivity index (χ2n) is 6.49. The van der Waals surface area contributed by atoms with Crippen LogP contribution >= 0.6 is 0 Å². The summed E-state index contributed by atoms with van der Waals surface area (Å²) in [5.41, 5.74) is 0.952. The molecule has 23 heavy (non-hydrogen) atoms. The maximum atomic E-state index is 12.9. The Balaban J connectivity index is 1.73. The summed E-state index contributed by atoms with van der Waals surface area (Å²) in [6.45, 7) is 4.09. The molecular formula is C18H28FN3O. The number of halogens is 1. The van der Waals surface area contributed by atoms with Crippen molar-refractivity contribution in [3.63, 3.8) is 0 Å². The van der Waals surface area contributed by atoms with Crippen LogP contribution in [0.25, 0.3) is 0 Å². The van der Waals surface area contributed by atoms with Crippen LogP contribution in [0.15, 0.2) is 24.3 Å². The summed E-state index contributed by atoms with van der Waals surface area (Å²) in [7, 11) is 3.80. The molecule has 1 aromatic carbocycles. The van der Waals surface area contributed by atoms with Crippen molar-refractivity contribution in [2.75, 3.05) is 40.3 Å². The first-order chi connectivity index (χ1) is 11.1. The van der Waals surface area contributed by atoms with Crippen LogP contribution in [0.5, 0.6) is 0 Å². The largest absolute Gasteiger partial charge is 0.340 e. The fourth-order valence-corrected chi connectivity index (χ4v) is 3.05. The van der Waals surface area contributed by atoms with Crippen molar-refractivity contribution in [2.45, 2.75) is 25.8 Å². The normalized spacial score (nSPS) is 16.5. The average Bonchev–Trinajstić information content (AvgIpc) is 2.56. The van der Waals surface area contributed by atoms with E-state index < -0.39 is 0 Å². The van der Waals surface area contributed by atoms with Crippen molar-refractivity contribution in [1.29, 1.82) is 0 Å². The number of nitrogens with zero attached hydrogens (tertiary/aromatic N) is 2. The number of carbonyl (C=O) groups is 1. The van der Waals surface area contributed by atoms with Gasteiger partial charge in [-0.3, -0.25) is 9.69 Å². The molecule has 0 aliphatic carbocycles. The molecule has 1 aliphatic heterocycles. The molecule has 0 unspecified atom stereocenters. The third-order valence-electron chi connectivity index (χ3n) is 4.63. The van der Waals surface area contributed by atoms with Gasteiger partial charge in [0, 0.05) is 13.6 Å². The number of piperidine rings is 1. The molecule has 5 heteroatoms. The van der Waals surface area contributed by atoms with E-state index >= 15 is 0 Å². The Bertz CT molecular complexity index is 484. The van der Waals surface area contributed by atoms with E-state index in [2.05, 4.69) is 10.2 Å². The van der Waals surface area contributed by atoms with Crippen molar-refractivity contribution in [3.8, 4) is 0 Å². The average molecular weight is 321 g/mol. The molecule has 1 aliphatic rings. The molecule has 1 fully saturated rings. The van der Waals surface area contributed by atoms with E-state index in [1.807, 2.05) is 14.1 Å². The van der Waals surface area contributed by atoms with E-state index in [4.69, 9.17) is 0 Å². The molecule has 0 aromatic heterocycles. The molecule has 1 saturated heterocycles. The van der Waals surface area contributed by atoms with Gasteiger partial charge < -0.3 is 10.2 Å². The molecule has 2 rings (SSSR count). The first kappa shape index (κ1) is 17.9. The summed E-state index contributed by atoms with van der Waals surface area (Å²) in [5.74, 6) is 0.664. The summed E-state index contributed by atoms with van der Waals surface area (Å²) in [5, 5.41) is 3.20. The van der Waals surface area contributed by atoms with Crippen LogP contribution in [-0.2, 0) is 11.3 Å². The van der Waals surface area contributed by atoms with E-state index in [1.165, 1.54) is 31.4 Å². The van der Waals surface area contributed by atoms with E-state index in [0.29, 0.717) is 13.1 Å². The minimum atomic E-state index is -0.246. The highest BCUT2D eigenvalue weighted by molar-refractivity contribution is 5.78. The molecule has 0 saturated carbocycles. The first-order valence-corrected chi connectivity index (χ1v) is 8.44. The smallest absolute Gasteiger partial charge is 0.236 e. The van der Waals surface area contributed by atoms with Gasteiger partial charge in [0.25, 0.3) is 0 Å². The number of likely N-dealkylation sites (N-methyl/N-ethyl adjacent to an activating group) is 1. The van der Waals surface area contributed by atoms with Gasteiger partial charge in [-0.15, -0.1) is 0 Å². The Kier molecular flexibility index (Phi) is 6.99. The Morgan fingerprint density at radius 3 is 2.57 bits per heavy atom. The Morgan fingerprint density at radius 1 is 1.30 bits per heavy atom. The van der Waals surface area contributed by atoms with Gasteiger partial charge >= 0.3 is 0 Å². The van der Waals surface area contributed by atoms with Crippen LogP contribution in [-0.4, -0.2) is 56.0 Å². The zero-order valence-electron chi connectivity index (χ0n) is 14.2. The maximum absolute atomic E-state index is 12.9. The Hall–Kier alpha value is -1.46. The zero-order valence-corrected chi connectivity index (χ0v) is 14.2. The van der Waals surface area contributed by atoms with E-state index in [0.717, 1.165) is 31.1 Å². The summed E-state index contributed by atoms with van der Waals surface area (Å²) >= 11 is 0. The second-order valence-corrected chi connectivity index (χ2v) is 6.49. The molecule has 0 radical (unpaired) electrons. The van der Waals surface area contributed by atoms with Crippen LogP contribution in [0.4, 0.5) is 4.39 Å². The van der Waals surface area contributed by atoms with Crippen molar-refractivity contribution >= 4 is 5.91 Å². The number of likely N-dealkylation sites (tertiary alicyclic amines) is 1. The van der Waals surface area contributed by atoms with Gasteiger partial charge in [0.15, 0.2) is 0 Å². The number of rotatable bonds is 7. The fraction of sp³-hybridized carbons (Fsp3) is 0.611. The molecule has 0 bridgehead atoms. The highest BCUT2D eigenvalue weighted by Gasteiger charge is 2.21. The molecule has 1 N–H and O–H groups in total. The lowest BCUT2D eigenvalue weighted by molar-refractivity contribution is -0.132. The lowest BCUT2D eigenvalue weighted by Crippen LogP contribution is -2.42. The van der Waals surface area contributed by atoms with Gasteiger partial charge in [-0.1, -0.05) is 12.1 Å². The predicted molar refractivity (Wildman–Crippen MR) is 90.6 cm³/mol. The molecule has 4 nitrogen and oxygen atoms in total. The van der Waals surface area contributed by atoms with Gasteiger partial charge in [0.2, 0.25) is 5.91 Å². The predicted octanol–water partition coefficient (Wildman–Crippen LogP) is 2.11. The highest BCUT2D eigenvalue weighted by atomic mass is 19.1. The molecule has 1 heterocycles. The summed E-state index contributed by atoms with van der Waals surface area (Å²) in [4.78, 5) is 16.3. The number of amides is 1. The van der Waals surface area contributed by atoms with Crippen molar-refractivity contribution in [2.24, 2.45) is 5.92 Å². The van der Waals surface area contributed by atoms with E-state index in [-0.39, 0.29) is 11.7 Å². The van der Waals surface area contributed by atoms with Crippen LogP contribution in [0, 0.1) is 11.7 Å². The second kappa shape index (κ2) is 8.99. The molecule has 128 valence electrons. The fourth-order valence-electron chi connectivity index (χ4n) is 3.05. The molecule has 1 amide bonds. The van der Waals surface area contributed by atoms with E-state index in [1.54, 1.807) is 17.0 Å². The van der Waals surface area contributed by atoms with Gasteiger partial charge in [-0.05, 0) is 69.6 Å².